The number of hydrogen-bond donors (Lipinski definition) is 1. The molecule has 1 fully saturated rings. The van der Waals surface area contributed by atoms with Gasteiger partial charge in [0.25, 0.3) is 0 Å². The van der Waals surface area contributed by atoms with Crippen molar-refractivity contribution >= 4 is 5.91 Å². The van der Waals surface area contributed by atoms with E-state index < -0.39 is 0 Å². The maximum atomic E-state index is 12.5. The first kappa shape index (κ1) is 20.9. The number of ether oxygens (including phenoxy) is 2. The highest BCUT2D eigenvalue weighted by atomic mass is 16.5. The van der Waals surface area contributed by atoms with Gasteiger partial charge in [-0.25, -0.2) is 0 Å². The van der Waals surface area contributed by atoms with Crippen molar-refractivity contribution in [3.05, 3.63) is 35.4 Å². The minimum atomic E-state index is -0.0572. The van der Waals surface area contributed by atoms with E-state index in [1.165, 1.54) is 25.7 Å². The van der Waals surface area contributed by atoms with Crippen LogP contribution >= 0.6 is 0 Å². The van der Waals surface area contributed by atoms with E-state index in [0.717, 1.165) is 24.2 Å². The first-order chi connectivity index (χ1) is 12.7. The van der Waals surface area contributed by atoms with E-state index in [2.05, 4.69) is 16.3 Å². The number of carbonyl (C=O) groups is 1. The molecule has 1 aromatic rings. The molecule has 0 saturated carbocycles. The lowest BCUT2D eigenvalue weighted by atomic mass is 10.1. The van der Waals surface area contributed by atoms with Crippen LogP contribution in [0.25, 0.3) is 0 Å². The van der Waals surface area contributed by atoms with Gasteiger partial charge in [0.1, 0.15) is 0 Å². The Labute approximate surface area is 158 Å². The van der Waals surface area contributed by atoms with Crippen molar-refractivity contribution in [2.45, 2.75) is 58.7 Å². The maximum Gasteiger partial charge on any atom is 0.237 e. The minimum absolute atomic E-state index is 0.0572. The second-order valence-electron chi connectivity index (χ2n) is 6.91. The molecule has 0 aromatic heterocycles. The summed E-state index contributed by atoms with van der Waals surface area (Å²) in [5.41, 5.74) is 2.22. The predicted molar refractivity (Wildman–Crippen MR) is 104 cm³/mol. The van der Waals surface area contributed by atoms with Crippen molar-refractivity contribution < 1.29 is 14.3 Å². The van der Waals surface area contributed by atoms with Crippen molar-refractivity contribution in [1.29, 1.82) is 0 Å². The molecule has 0 bridgehead atoms. The summed E-state index contributed by atoms with van der Waals surface area (Å²) < 4.78 is 10.9. The number of benzene rings is 1. The van der Waals surface area contributed by atoms with Crippen molar-refractivity contribution in [2.24, 2.45) is 0 Å². The summed E-state index contributed by atoms with van der Waals surface area (Å²) in [6, 6.07) is 8.14. The topological polar surface area (TPSA) is 50.8 Å². The van der Waals surface area contributed by atoms with Crippen LogP contribution in [-0.4, -0.2) is 49.8 Å². The van der Waals surface area contributed by atoms with E-state index in [1.807, 2.05) is 32.0 Å². The largest absolute Gasteiger partial charge is 0.379 e. The third kappa shape index (κ3) is 7.44. The van der Waals surface area contributed by atoms with Gasteiger partial charge in [0, 0.05) is 13.2 Å². The van der Waals surface area contributed by atoms with Gasteiger partial charge in [-0.1, -0.05) is 37.1 Å². The highest BCUT2D eigenvalue weighted by Gasteiger charge is 2.21. The van der Waals surface area contributed by atoms with E-state index in [1.54, 1.807) is 0 Å². The van der Waals surface area contributed by atoms with E-state index in [0.29, 0.717) is 33.0 Å². The van der Waals surface area contributed by atoms with Crippen LogP contribution < -0.4 is 5.32 Å². The van der Waals surface area contributed by atoms with Crippen LogP contribution in [0.5, 0.6) is 0 Å². The van der Waals surface area contributed by atoms with Crippen LogP contribution in [0, 0.1) is 0 Å². The molecular weight excluding hydrogens is 328 g/mol. The highest BCUT2D eigenvalue weighted by Crippen LogP contribution is 2.13. The summed E-state index contributed by atoms with van der Waals surface area (Å²) in [4.78, 5) is 14.8. The summed E-state index contributed by atoms with van der Waals surface area (Å²) in [5.74, 6) is 0.116. The molecule has 5 heteroatoms. The van der Waals surface area contributed by atoms with Crippen molar-refractivity contribution in [3.63, 3.8) is 0 Å². The van der Waals surface area contributed by atoms with E-state index >= 15 is 0 Å². The number of hydrogen-bond acceptors (Lipinski definition) is 4. The fraction of sp³-hybridized carbons (Fsp3) is 0.667. The number of carbonyl (C=O) groups excluding carboxylic acids is 1. The summed E-state index contributed by atoms with van der Waals surface area (Å²) in [5, 5.41) is 3.09. The van der Waals surface area contributed by atoms with Gasteiger partial charge in [0.05, 0.1) is 25.9 Å². The van der Waals surface area contributed by atoms with Crippen LogP contribution in [0.4, 0.5) is 0 Å². The van der Waals surface area contributed by atoms with Gasteiger partial charge in [0.15, 0.2) is 0 Å². The van der Waals surface area contributed by atoms with Crippen molar-refractivity contribution in [3.8, 4) is 0 Å². The Kier molecular flexibility index (Phi) is 9.67. The lowest BCUT2D eigenvalue weighted by Gasteiger charge is -2.26. The Morgan fingerprint density at radius 2 is 1.81 bits per heavy atom. The van der Waals surface area contributed by atoms with Gasteiger partial charge >= 0.3 is 0 Å². The van der Waals surface area contributed by atoms with Crippen molar-refractivity contribution in [1.82, 2.24) is 10.2 Å². The van der Waals surface area contributed by atoms with Gasteiger partial charge in [-0.3, -0.25) is 9.69 Å². The van der Waals surface area contributed by atoms with E-state index in [-0.39, 0.29) is 11.9 Å². The van der Waals surface area contributed by atoms with E-state index in [9.17, 15) is 4.79 Å². The molecule has 1 saturated heterocycles. The zero-order valence-corrected chi connectivity index (χ0v) is 16.3. The highest BCUT2D eigenvalue weighted by molar-refractivity contribution is 5.81. The Bertz CT molecular complexity index is 528. The normalized spacial score (nSPS) is 16.8. The summed E-state index contributed by atoms with van der Waals surface area (Å²) in [7, 11) is 0. The summed E-state index contributed by atoms with van der Waals surface area (Å²) in [6.45, 7) is 9.13. The number of rotatable bonds is 10. The zero-order chi connectivity index (χ0) is 18.6. The Balaban J connectivity index is 1.75. The molecule has 1 aliphatic heterocycles. The van der Waals surface area contributed by atoms with Crippen LogP contribution in [0.3, 0.4) is 0 Å². The van der Waals surface area contributed by atoms with Gasteiger partial charge in [-0.15, -0.1) is 0 Å². The number of nitrogens with one attached hydrogen (secondary N) is 1. The van der Waals surface area contributed by atoms with E-state index in [4.69, 9.17) is 9.47 Å². The quantitative estimate of drug-likeness (QED) is 0.650. The molecule has 0 radical (unpaired) electrons. The molecule has 0 spiro atoms. The van der Waals surface area contributed by atoms with Gasteiger partial charge in [-0.2, -0.15) is 0 Å². The molecule has 1 N–H and O–H groups in total. The third-order valence-electron chi connectivity index (χ3n) is 4.87. The summed E-state index contributed by atoms with van der Waals surface area (Å²) in [6.07, 6.45) is 4.96. The first-order valence-corrected chi connectivity index (χ1v) is 9.95. The predicted octanol–water partition coefficient (Wildman–Crippen LogP) is 3.12. The van der Waals surface area contributed by atoms with Crippen molar-refractivity contribution in [2.75, 3.05) is 32.9 Å². The fourth-order valence-corrected chi connectivity index (χ4v) is 3.27. The molecule has 5 nitrogen and oxygen atoms in total. The Morgan fingerprint density at radius 1 is 1.12 bits per heavy atom. The zero-order valence-electron chi connectivity index (χ0n) is 16.3. The fourth-order valence-electron chi connectivity index (χ4n) is 3.27. The SMILES string of the molecule is CCOCCOCc1cccc(CNC(=O)C(C)N2CCCCCC2)c1. The number of nitrogens with zero attached hydrogens (tertiary/aromatic N) is 1. The first-order valence-electron chi connectivity index (χ1n) is 9.95. The lowest BCUT2D eigenvalue weighted by Crippen LogP contribution is -2.45. The van der Waals surface area contributed by atoms with Gasteiger partial charge in [-0.05, 0) is 50.9 Å². The lowest BCUT2D eigenvalue weighted by molar-refractivity contribution is -0.126. The number of likely N-dealkylation sites (tertiary alicyclic amines) is 1. The van der Waals surface area contributed by atoms with Crippen LogP contribution in [-0.2, 0) is 27.4 Å². The number of amides is 1. The second-order valence-corrected chi connectivity index (χ2v) is 6.91. The molecule has 146 valence electrons. The molecule has 1 heterocycles. The summed E-state index contributed by atoms with van der Waals surface area (Å²) >= 11 is 0. The molecule has 1 atom stereocenters. The monoisotopic (exact) mass is 362 g/mol. The van der Waals surface area contributed by atoms with Crippen LogP contribution in [0.15, 0.2) is 24.3 Å². The standard InChI is InChI=1S/C21H34N2O3/c1-3-25-13-14-26-17-20-10-8-9-19(15-20)16-22-21(24)18(2)23-11-6-4-5-7-12-23/h8-10,15,18H,3-7,11-14,16-17H2,1-2H3,(H,22,24). The smallest absolute Gasteiger partial charge is 0.237 e. The molecule has 2 rings (SSSR count). The molecule has 1 aromatic carbocycles. The van der Waals surface area contributed by atoms with Gasteiger partial charge < -0.3 is 14.8 Å². The minimum Gasteiger partial charge on any atom is -0.379 e. The molecule has 0 aliphatic carbocycles. The average Bonchev–Trinajstić information content (AvgIpc) is 2.95. The third-order valence-corrected chi connectivity index (χ3v) is 4.87. The Morgan fingerprint density at radius 3 is 2.54 bits per heavy atom. The second kappa shape index (κ2) is 12.0. The average molecular weight is 363 g/mol. The maximum absolute atomic E-state index is 12.5. The molecular formula is C21H34N2O3. The van der Waals surface area contributed by atoms with Gasteiger partial charge in [0.2, 0.25) is 5.91 Å². The molecule has 26 heavy (non-hydrogen) atoms. The molecule has 1 aliphatic rings. The van der Waals surface area contributed by atoms with Crippen LogP contribution in [0.2, 0.25) is 0 Å². The molecule has 1 unspecified atom stereocenters. The molecule has 1 amide bonds. The Hall–Kier alpha value is -1.43. The van der Waals surface area contributed by atoms with Crippen LogP contribution in [0.1, 0.15) is 50.7 Å².